The maximum Gasteiger partial charge on any atom is 0.269 e. The number of hydrogen-bond acceptors (Lipinski definition) is 3. The van der Waals surface area contributed by atoms with E-state index in [-0.39, 0.29) is 6.04 Å². The highest BCUT2D eigenvalue weighted by Gasteiger charge is 2.36. The van der Waals surface area contributed by atoms with Crippen molar-refractivity contribution in [3.05, 3.63) is 60.2 Å². The van der Waals surface area contributed by atoms with Gasteiger partial charge < -0.3 is 0 Å². The summed E-state index contributed by atoms with van der Waals surface area (Å²) in [6.07, 6.45) is 11.2. The maximum absolute atomic E-state index is 14.4. The second-order valence-electron chi connectivity index (χ2n) is 5.48. The zero-order valence-corrected chi connectivity index (χ0v) is 13.4. The van der Waals surface area contributed by atoms with Crippen molar-refractivity contribution in [1.82, 2.24) is 24.5 Å². The van der Waals surface area contributed by atoms with E-state index in [0.717, 1.165) is 17.6 Å². The van der Waals surface area contributed by atoms with Crippen molar-refractivity contribution >= 4 is 0 Å². The Hall–Kier alpha value is -2.50. The van der Waals surface area contributed by atoms with Crippen LogP contribution in [0.5, 0.6) is 0 Å². The van der Waals surface area contributed by atoms with Gasteiger partial charge in [-0.1, -0.05) is 37.8 Å². The fraction of sp³-hybridized carbons (Fsp3) is 0.353. The van der Waals surface area contributed by atoms with Crippen LogP contribution < -0.4 is 0 Å². The van der Waals surface area contributed by atoms with Gasteiger partial charge in [-0.2, -0.15) is 10.1 Å². The molecule has 2 aromatic rings. The number of allylic oxidation sites excluding steroid dienone is 5. The topological polar surface area (TPSA) is 48.5 Å². The average Bonchev–Trinajstić information content (AvgIpc) is 3.23. The normalized spacial score (nSPS) is 21.1. The van der Waals surface area contributed by atoms with Crippen LogP contribution in [0.2, 0.25) is 0 Å². The van der Waals surface area contributed by atoms with E-state index in [1.54, 1.807) is 21.6 Å². The molecule has 2 aromatic heterocycles. The van der Waals surface area contributed by atoms with Crippen LogP contribution in [-0.2, 0) is 6.42 Å². The Morgan fingerprint density at radius 1 is 1.52 bits per heavy atom. The Morgan fingerprint density at radius 2 is 2.35 bits per heavy atom. The summed E-state index contributed by atoms with van der Waals surface area (Å²) in [7, 11) is 0. The minimum Gasteiger partial charge on any atom is -0.239 e. The summed E-state index contributed by atoms with van der Waals surface area (Å²) in [5.41, 5.74) is 2.06. The number of aromatic nitrogens is 5. The van der Waals surface area contributed by atoms with E-state index in [4.69, 9.17) is 0 Å². The van der Waals surface area contributed by atoms with E-state index in [9.17, 15) is 4.39 Å². The van der Waals surface area contributed by atoms with Gasteiger partial charge in [-0.15, -0.1) is 5.10 Å². The Morgan fingerprint density at radius 3 is 3.00 bits per heavy atom. The molecule has 120 valence electrons. The van der Waals surface area contributed by atoms with Crippen LogP contribution in [0.3, 0.4) is 0 Å². The third-order valence-corrected chi connectivity index (χ3v) is 3.96. The van der Waals surface area contributed by atoms with Gasteiger partial charge >= 0.3 is 0 Å². The first-order valence-corrected chi connectivity index (χ1v) is 7.77. The molecule has 0 aromatic carbocycles. The van der Waals surface area contributed by atoms with Crippen LogP contribution in [0.1, 0.15) is 43.9 Å². The summed E-state index contributed by atoms with van der Waals surface area (Å²) < 4.78 is 17.6. The number of halogens is 1. The van der Waals surface area contributed by atoms with Crippen LogP contribution in [0.4, 0.5) is 4.39 Å². The molecule has 1 aliphatic heterocycles. The van der Waals surface area contributed by atoms with E-state index >= 15 is 0 Å². The molecule has 0 saturated carbocycles. The van der Waals surface area contributed by atoms with Gasteiger partial charge in [0.05, 0.1) is 12.2 Å². The largest absolute Gasteiger partial charge is 0.269 e. The van der Waals surface area contributed by atoms with E-state index < -0.39 is 6.17 Å². The standard InChI is InChI=1S/C17H20FN5/c1-4-7-13(8-5-2)15-9-14(18)16-20-17(21-23(15)16)22-11-12(6-3)10-19-22/h4-5,7-8,10-11,14-15H,1,6,9H2,2-3H3/b8-5-,13-7+. The fourth-order valence-electron chi connectivity index (χ4n) is 2.80. The number of nitrogens with zero attached hydrogens (tertiary/aromatic N) is 5. The van der Waals surface area contributed by atoms with Gasteiger partial charge in [-0.25, -0.2) is 13.8 Å². The third kappa shape index (κ3) is 2.76. The molecule has 0 radical (unpaired) electrons. The second kappa shape index (κ2) is 6.32. The summed E-state index contributed by atoms with van der Waals surface area (Å²) in [6, 6.07) is -0.170. The van der Waals surface area contributed by atoms with Crippen molar-refractivity contribution in [1.29, 1.82) is 0 Å². The number of rotatable bonds is 5. The van der Waals surface area contributed by atoms with Crippen LogP contribution in [0.15, 0.2) is 48.8 Å². The van der Waals surface area contributed by atoms with E-state index in [1.165, 1.54) is 0 Å². The maximum atomic E-state index is 14.4. The highest BCUT2D eigenvalue weighted by Crippen LogP contribution is 2.40. The quantitative estimate of drug-likeness (QED) is 0.791. The molecule has 0 amide bonds. The van der Waals surface area contributed by atoms with Crippen molar-refractivity contribution in [3.63, 3.8) is 0 Å². The summed E-state index contributed by atoms with van der Waals surface area (Å²) in [5.74, 6) is 0.767. The van der Waals surface area contributed by atoms with E-state index in [1.807, 2.05) is 31.3 Å². The summed E-state index contributed by atoms with van der Waals surface area (Å²) >= 11 is 0. The van der Waals surface area contributed by atoms with Crippen LogP contribution >= 0.6 is 0 Å². The lowest BCUT2D eigenvalue weighted by Crippen LogP contribution is -2.09. The molecule has 6 heteroatoms. The van der Waals surface area contributed by atoms with Crippen molar-refractivity contribution < 1.29 is 4.39 Å². The Labute approximate surface area is 134 Å². The number of alkyl halides is 1. The number of aryl methyl sites for hydroxylation is 1. The van der Waals surface area contributed by atoms with Crippen molar-refractivity contribution in [2.75, 3.05) is 0 Å². The first kappa shape index (κ1) is 15.4. The molecule has 3 heterocycles. The molecular formula is C17H20FN5. The Bertz CT molecular complexity index is 768. The molecule has 1 aliphatic rings. The zero-order chi connectivity index (χ0) is 16.4. The molecular weight excluding hydrogens is 293 g/mol. The Kier molecular flexibility index (Phi) is 4.23. The van der Waals surface area contributed by atoms with Crippen molar-refractivity contribution in [2.24, 2.45) is 0 Å². The van der Waals surface area contributed by atoms with Gasteiger partial charge in [0, 0.05) is 12.6 Å². The first-order valence-electron chi connectivity index (χ1n) is 7.77. The van der Waals surface area contributed by atoms with Crippen LogP contribution in [-0.4, -0.2) is 24.5 Å². The molecule has 0 saturated heterocycles. The lowest BCUT2D eigenvalue weighted by atomic mass is 10.0. The van der Waals surface area contributed by atoms with Gasteiger partial charge in [0.1, 0.15) is 0 Å². The SMILES string of the molecule is C=C/C=C(\C=C/C)C1CC(F)c2nc(-n3cc(CC)cn3)nn21. The summed E-state index contributed by atoms with van der Waals surface area (Å²) in [4.78, 5) is 4.34. The highest BCUT2D eigenvalue weighted by molar-refractivity contribution is 5.30. The summed E-state index contributed by atoms with van der Waals surface area (Å²) in [6.45, 7) is 7.72. The van der Waals surface area contributed by atoms with Gasteiger partial charge in [0.2, 0.25) is 0 Å². The number of fused-ring (bicyclic) bond motifs is 1. The molecule has 0 fully saturated rings. The fourth-order valence-corrected chi connectivity index (χ4v) is 2.80. The smallest absolute Gasteiger partial charge is 0.239 e. The molecule has 2 unspecified atom stereocenters. The van der Waals surface area contributed by atoms with Crippen LogP contribution in [0, 0.1) is 0 Å². The van der Waals surface area contributed by atoms with E-state index in [0.29, 0.717) is 18.2 Å². The minimum atomic E-state index is -1.12. The summed E-state index contributed by atoms with van der Waals surface area (Å²) in [5, 5.41) is 8.73. The highest BCUT2D eigenvalue weighted by atomic mass is 19.1. The third-order valence-electron chi connectivity index (χ3n) is 3.96. The molecule has 0 N–H and O–H groups in total. The lowest BCUT2D eigenvalue weighted by Gasteiger charge is -2.12. The zero-order valence-electron chi connectivity index (χ0n) is 13.4. The lowest BCUT2D eigenvalue weighted by molar-refractivity contribution is 0.328. The van der Waals surface area contributed by atoms with Gasteiger partial charge in [-0.05, 0) is 24.5 Å². The average molecular weight is 313 g/mol. The van der Waals surface area contributed by atoms with E-state index in [2.05, 4.69) is 28.7 Å². The number of hydrogen-bond donors (Lipinski definition) is 0. The van der Waals surface area contributed by atoms with Gasteiger partial charge in [0.15, 0.2) is 12.0 Å². The van der Waals surface area contributed by atoms with Gasteiger partial charge in [0.25, 0.3) is 5.95 Å². The molecule has 2 atom stereocenters. The van der Waals surface area contributed by atoms with Gasteiger partial charge in [-0.3, -0.25) is 0 Å². The molecule has 23 heavy (non-hydrogen) atoms. The minimum absolute atomic E-state index is 0.170. The monoisotopic (exact) mass is 313 g/mol. The molecule has 5 nitrogen and oxygen atoms in total. The second-order valence-corrected chi connectivity index (χ2v) is 5.48. The molecule has 0 aliphatic carbocycles. The van der Waals surface area contributed by atoms with Crippen molar-refractivity contribution in [3.8, 4) is 5.95 Å². The Balaban J connectivity index is 2.00. The molecule has 3 rings (SSSR count). The predicted octanol–water partition coefficient (Wildman–Crippen LogP) is 3.67. The molecule has 0 bridgehead atoms. The molecule has 0 spiro atoms. The van der Waals surface area contributed by atoms with Crippen LogP contribution in [0.25, 0.3) is 5.95 Å². The predicted molar refractivity (Wildman–Crippen MR) is 87.1 cm³/mol. The first-order chi connectivity index (χ1) is 11.2. The van der Waals surface area contributed by atoms with Crippen molar-refractivity contribution in [2.45, 2.75) is 38.9 Å².